The number of hydrogen-bond acceptors (Lipinski definition) is 2. The Bertz CT molecular complexity index is 469. The van der Waals surface area contributed by atoms with Gasteiger partial charge in [0.2, 0.25) is 0 Å². The van der Waals surface area contributed by atoms with Gasteiger partial charge in [-0.1, -0.05) is 32.9 Å². The lowest BCUT2D eigenvalue weighted by Crippen LogP contribution is -2.27. The van der Waals surface area contributed by atoms with Crippen LogP contribution in [0.15, 0.2) is 24.3 Å². The van der Waals surface area contributed by atoms with Crippen LogP contribution < -0.4 is 4.74 Å². The zero-order valence-electron chi connectivity index (χ0n) is 11.1. The summed E-state index contributed by atoms with van der Waals surface area (Å²) in [6.45, 7) is 5.31. The van der Waals surface area contributed by atoms with Crippen LogP contribution in [0.4, 0.5) is 13.2 Å². The van der Waals surface area contributed by atoms with Gasteiger partial charge in [-0.25, -0.2) is 0 Å². The molecule has 0 aromatic heterocycles. The minimum Gasteiger partial charge on any atom is -0.492 e. The van der Waals surface area contributed by atoms with Crippen molar-refractivity contribution in [2.75, 3.05) is 6.61 Å². The number of benzene rings is 1. The van der Waals surface area contributed by atoms with Crippen molar-refractivity contribution in [1.82, 2.24) is 0 Å². The molecule has 0 aliphatic carbocycles. The normalized spacial score (nSPS) is 13.7. The van der Waals surface area contributed by atoms with E-state index in [9.17, 15) is 13.2 Å². The minimum atomic E-state index is -4.56. The molecule has 0 heterocycles. The SMILES string of the molecule is CC(C)(C)c1cccc(OCC(C#N)C(F)(F)F)c1. The zero-order chi connectivity index (χ0) is 14.7. The maximum Gasteiger partial charge on any atom is 0.407 e. The fourth-order valence-corrected chi connectivity index (χ4v) is 1.44. The van der Waals surface area contributed by atoms with Crippen LogP contribution in [0.2, 0.25) is 0 Å². The molecule has 0 bridgehead atoms. The van der Waals surface area contributed by atoms with E-state index in [1.807, 2.05) is 26.8 Å². The molecule has 1 rings (SSSR count). The van der Waals surface area contributed by atoms with Crippen LogP contribution in [0.5, 0.6) is 5.75 Å². The zero-order valence-corrected chi connectivity index (χ0v) is 11.1. The van der Waals surface area contributed by atoms with Gasteiger partial charge in [0, 0.05) is 0 Å². The Kier molecular flexibility index (Phi) is 4.46. The first-order valence-electron chi connectivity index (χ1n) is 5.84. The maximum absolute atomic E-state index is 12.4. The first-order chi connectivity index (χ1) is 8.64. The van der Waals surface area contributed by atoms with Crippen LogP contribution in [-0.4, -0.2) is 12.8 Å². The number of alkyl halides is 3. The van der Waals surface area contributed by atoms with Crippen LogP contribution >= 0.6 is 0 Å². The molecule has 2 nitrogen and oxygen atoms in total. The van der Waals surface area contributed by atoms with Crippen molar-refractivity contribution in [3.63, 3.8) is 0 Å². The standard InChI is InChI=1S/C14H16F3NO/c1-13(2,3)10-5-4-6-12(7-10)19-9-11(8-18)14(15,16)17/h4-7,11H,9H2,1-3H3. The second kappa shape index (κ2) is 5.52. The van der Waals surface area contributed by atoms with Gasteiger partial charge in [-0.05, 0) is 23.1 Å². The molecular formula is C14H16F3NO. The van der Waals surface area contributed by atoms with E-state index in [2.05, 4.69) is 0 Å². The molecule has 1 aromatic rings. The predicted octanol–water partition coefficient (Wildman–Crippen LogP) is 4.06. The lowest BCUT2D eigenvalue weighted by atomic mass is 9.87. The molecule has 0 fully saturated rings. The molecule has 1 aromatic carbocycles. The van der Waals surface area contributed by atoms with Gasteiger partial charge < -0.3 is 4.74 Å². The van der Waals surface area contributed by atoms with Crippen LogP contribution in [0.25, 0.3) is 0 Å². The Morgan fingerprint density at radius 1 is 1.26 bits per heavy atom. The third-order valence-corrected chi connectivity index (χ3v) is 2.67. The molecule has 0 spiro atoms. The summed E-state index contributed by atoms with van der Waals surface area (Å²) in [5.74, 6) is -1.76. The number of nitrogens with zero attached hydrogens (tertiary/aromatic N) is 1. The monoisotopic (exact) mass is 271 g/mol. The largest absolute Gasteiger partial charge is 0.492 e. The Labute approximate surface area is 110 Å². The number of hydrogen-bond donors (Lipinski definition) is 0. The van der Waals surface area contributed by atoms with Crippen molar-refractivity contribution >= 4 is 0 Å². The molecule has 0 amide bonds. The quantitative estimate of drug-likeness (QED) is 0.830. The van der Waals surface area contributed by atoms with Gasteiger partial charge >= 0.3 is 6.18 Å². The predicted molar refractivity (Wildman–Crippen MR) is 65.8 cm³/mol. The summed E-state index contributed by atoms with van der Waals surface area (Å²) in [5.41, 5.74) is 0.850. The summed E-state index contributed by atoms with van der Waals surface area (Å²) in [7, 11) is 0. The topological polar surface area (TPSA) is 33.0 Å². The highest BCUT2D eigenvalue weighted by Gasteiger charge is 2.40. The van der Waals surface area contributed by atoms with Crippen LogP contribution in [0, 0.1) is 17.2 Å². The Hall–Kier alpha value is -1.70. The van der Waals surface area contributed by atoms with Crippen molar-refractivity contribution in [3.8, 4) is 11.8 Å². The third kappa shape index (κ3) is 4.47. The van der Waals surface area contributed by atoms with E-state index in [0.717, 1.165) is 5.56 Å². The maximum atomic E-state index is 12.4. The lowest BCUT2D eigenvalue weighted by Gasteiger charge is -2.20. The van der Waals surface area contributed by atoms with E-state index in [1.54, 1.807) is 18.2 Å². The Morgan fingerprint density at radius 2 is 1.89 bits per heavy atom. The molecule has 1 atom stereocenters. The van der Waals surface area contributed by atoms with Crippen molar-refractivity contribution in [3.05, 3.63) is 29.8 Å². The summed E-state index contributed by atoms with van der Waals surface area (Å²) in [5, 5.41) is 8.47. The number of ether oxygens (including phenoxy) is 1. The summed E-state index contributed by atoms with van der Waals surface area (Å²) in [6, 6.07) is 8.10. The van der Waals surface area contributed by atoms with Gasteiger partial charge in [0.1, 0.15) is 12.4 Å². The van der Waals surface area contributed by atoms with E-state index in [1.165, 1.54) is 6.07 Å². The number of halogens is 3. The highest BCUT2D eigenvalue weighted by atomic mass is 19.4. The van der Waals surface area contributed by atoms with Gasteiger partial charge in [0.25, 0.3) is 0 Å². The molecule has 0 saturated heterocycles. The number of rotatable bonds is 3. The Balaban J connectivity index is 2.77. The summed E-state index contributed by atoms with van der Waals surface area (Å²) < 4.78 is 42.2. The van der Waals surface area contributed by atoms with E-state index < -0.39 is 18.7 Å². The molecule has 5 heteroatoms. The molecule has 0 radical (unpaired) electrons. The minimum absolute atomic E-state index is 0.113. The fraction of sp³-hybridized carbons (Fsp3) is 0.500. The summed E-state index contributed by atoms with van der Waals surface area (Å²) in [4.78, 5) is 0. The van der Waals surface area contributed by atoms with Crippen molar-refractivity contribution in [1.29, 1.82) is 5.26 Å². The van der Waals surface area contributed by atoms with Crippen molar-refractivity contribution in [2.45, 2.75) is 32.4 Å². The number of nitriles is 1. The highest BCUT2D eigenvalue weighted by Crippen LogP contribution is 2.28. The smallest absolute Gasteiger partial charge is 0.407 e. The molecule has 19 heavy (non-hydrogen) atoms. The van der Waals surface area contributed by atoms with E-state index in [4.69, 9.17) is 10.00 Å². The lowest BCUT2D eigenvalue weighted by molar-refractivity contribution is -0.165. The molecule has 0 N–H and O–H groups in total. The summed E-state index contributed by atoms with van der Waals surface area (Å²) in [6.07, 6.45) is -4.56. The van der Waals surface area contributed by atoms with Crippen LogP contribution in [0.1, 0.15) is 26.3 Å². The van der Waals surface area contributed by atoms with E-state index >= 15 is 0 Å². The molecule has 1 unspecified atom stereocenters. The van der Waals surface area contributed by atoms with Gasteiger partial charge in [0.15, 0.2) is 5.92 Å². The average Bonchev–Trinajstić information content (AvgIpc) is 2.27. The van der Waals surface area contributed by atoms with Gasteiger partial charge in [-0.2, -0.15) is 18.4 Å². The highest BCUT2D eigenvalue weighted by molar-refractivity contribution is 5.32. The molecule has 0 aliphatic heterocycles. The second-order valence-corrected chi connectivity index (χ2v) is 5.31. The van der Waals surface area contributed by atoms with Crippen molar-refractivity contribution in [2.24, 2.45) is 5.92 Å². The molecular weight excluding hydrogens is 255 g/mol. The van der Waals surface area contributed by atoms with Crippen molar-refractivity contribution < 1.29 is 17.9 Å². The molecule has 0 saturated carbocycles. The van der Waals surface area contributed by atoms with Gasteiger partial charge in [-0.15, -0.1) is 0 Å². The van der Waals surface area contributed by atoms with Gasteiger partial charge in [-0.3, -0.25) is 0 Å². The van der Waals surface area contributed by atoms with E-state index in [-0.39, 0.29) is 5.41 Å². The summed E-state index contributed by atoms with van der Waals surface area (Å²) >= 11 is 0. The molecule has 0 aliphatic rings. The third-order valence-electron chi connectivity index (χ3n) is 2.67. The first kappa shape index (κ1) is 15.4. The fourth-order valence-electron chi connectivity index (χ4n) is 1.44. The van der Waals surface area contributed by atoms with Crippen LogP contribution in [-0.2, 0) is 5.41 Å². The molecule has 104 valence electrons. The van der Waals surface area contributed by atoms with E-state index in [0.29, 0.717) is 5.75 Å². The van der Waals surface area contributed by atoms with Crippen LogP contribution in [0.3, 0.4) is 0 Å². The Morgan fingerprint density at radius 3 is 2.37 bits per heavy atom. The first-order valence-corrected chi connectivity index (χ1v) is 5.84. The van der Waals surface area contributed by atoms with Gasteiger partial charge in [0.05, 0.1) is 6.07 Å². The average molecular weight is 271 g/mol. The second-order valence-electron chi connectivity index (χ2n) is 5.31.